The summed E-state index contributed by atoms with van der Waals surface area (Å²) in [6, 6.07) is 15.7. The topological polar surface area (TPSA) is 32.7 Å². The van der Waals surface area contributed by atoms with E-state index >= 15 is 0 Å². The number of hydrogen-bond acceptors (Lipinski definition) is 3. The smallest absolute Gasteiger partial charge is 0.142 e. The van der Waals surface area contributed by atoms with Crippen molar-refractivity contribution in [2.75, 3.05) is 25.6 Å². The fourth-order valence-electron chi connectivity index (χ4n) is 2.28. The lowest BCUT2D eigenvalue weighted by Gasteiger charge is -2.23. The van der Waals surface area contributed by atoms with E-state index in [-0.39, 0.29) is 0 Å². The first-order chi connectivity index (χ1) is 10.1. The maximum atomic E-state index is 10.3. The number of para-hydroxylation sites is 2. The van der Waals surface area contributed by atoms with Crippen LogP contribution in [0.2, 0.25) is 0 Å². The van der Waals surface area contributed by atoms with Crippen molar-refractivity contribution in [3.05, 3.63) is 58.6 Å². The lowest BCUT2D eigenvalue weighted by Crippen LogP contribution is -2.21. The number of hydrogen-bond donors (Lipinski definition) is 1. The van der Waals surface area contributed by atoms with Gasteiger partial charge in [0.1, 0.15) is 5.75 Å². The summed E-state index contributed by atoms with van der Waals surface area (Å²) in [5.74, 6) is 0.843. The Bertz CT molecular complexity index is 589. The van der Waals surface area contributed by atoms with Crippen LogP contribution in [0, 0.1) is 0 Å². The SMILES string of the molecule is COc1ccccc1N(C)CCC(O)c1ccccc1Br. The zero-order valence-corrected chi connectivity index (χ0v) is 13.9. The van der Waals surface area contributed by atoms with Crippen LogP contribution in [-0.2, 0) is 0 Å². The fraction of sp³-hybridized carbons (Fsp3) is 0.294. The summed E-state index contributed by atoms with van der Waals surface area (Å²) in [5, 5.41) is 10.3. The molecule has 1 atom stereocenters. The second-order valence-electron chi connectivity index (χ2n) is 4.92. The van der Waals surface area contributed by atoms with Crippen LogP contribution in [0.4, 0.5) is 5.69 Å². The molecule has 3 nitrogen and oxygen atoms in total. The van der Waals surface area contributed by atoms with Crippen LogP contribution in [0.5, 0.6) is 5.75 Å². The van der Waals surface area contributed by atoms with Gasteiger partial charge in [-0.1, -0.05) is 46.3 Å². The van der Waals surface area contributed by atoms with E-state index in [0.29, 0.717) is 6.42 Å². The van der Waals surface area contributed by atoms with Crippen molar-refractivity contribution < 1.29 is 9.84 Å². The lowest BCUT2D eigenvalue weighted by molar-refractivity contribution is 0.169. The molecule has 0 aliphatic heterocycles. The van der Waals surface area contributed by atoms with Gasteiger partial charge in [-0.25, -0.2) is 0 Å². The molecule has 0 bridgehead atoms. The first-order valence-corrected chi connectivity index (χ1v) is 7.69. The molecule has 0 spiro atoms. The van der Waals surface area contributed by atoms with E-state index in [4.69, 9.17) is 4.74 Å². The Balaban J connectivity index is 2.01. The van der Waals surface area contributed by atoms with Gasteiger partial charge in [0, 0.05) is 18.1 Å². The lowest BCUT2D eigenvalue weighted by atomic mass is 10.1. The predicted octanol–water partition coefficient (Wildman–Crippen LogP) is 4.02. The summed E-state index contributed by atoms with van der Waals surface area (Å²) < 4.78 is 6.31. The molecule has 0 heterocycles. The number of anilines is 1. The molecule has 0 saturated carbocycles. The number of aliphatic hydroxyl groups is 1. The second kappa shape index (κ2) is 7.48. The minimum atomic E-state index is -0.488. The van der Waals surface area contributed by atoms with Crippen LogP contribution in [0.25, 0.3) is 0 Å². The number of halogens is 1. The highest BCUT2D eigenvalue weighted by Crippen LogP contribution is 2.29. The molecular weight excluding hydrogens is 330 g/mol. The van der Waals surface area contributed by atoms with Crippen molar-refractivity contribution in [2.45, 2.75) is 12.5 Å². The van der Waals surface area contributed by atoms with Gasteiger partial charge in [-0.2, -0.15) is 0 Å². The Morgan fingerprint density at radius 2 is 1.81 bits per heavy atom. The largest absolute Gasteiger partial charge is 0.495 e. The van der Waals surface area contributed by atoms with Gasteiger partial charge in [0.2, 0.25) is 0 Å². The maximum Gasteiger partial charge on any atom is 0.142 e. The number of benzene rings is 2. The molecule has 112 valence electrons. The Hall–Kier alpha value is -1.52. The standard InChI is InChI=1S/C17H20BrNO2/c1-19(15-9-5-6-10-17(15)21-2)12-11-16(20)13-7-3-4-8-14(13)18/h3-10,16,20H,11-12H2,1-2H3. The third kappa shape index (κ3) is 3.99. The first-order valence-electron chi connectivity index (χ1n) is 6.90. The van der Waals surface area contributed by atoms with Gasteiger partial charge >= 0.3 is 0 Å². The number of nitrogens with zero attached hydrogens (tertiary/aromatic N) is 1. The van der Waals surface area contributed by atoms with Crippen LogP contribution in [0.15, 0.2) is 53.0 Å². The maximum absolute atomic E-state index is 10.3. The molecule has 2 aromatic rings. The van der Waals surface area contributed by atoms with Crippen LogP contribution in [0.1, 0.15) is 18.1 Å². The molecule has 0 saturated heterocycles. The van der Waals surface area contributed by atoms with Crippen molar-refractivity contribution >= 4 is 21.6 Å². The second-order valence-corrected chi connectivity index (χ2v) is 5.77. The molecule has 21 heavy (non-hydrogen) atoms. The van der Waals surface area contributed by atoms with Crippen LogP contribution < -0.4 is 9.64 Å². The van der Waals surface area contributed by atoms with Gasteiger partial charge in [-0.05, 0) is 30.2 Å². The van der Waals surface area contributed by atoms with Crippen molar-refractivity contribution in [1.29, 1.82) is 0 Å². The quantitative estimate of drug-likeness (QED) is 0.854. The first kappa shape index (κ1) is 15.9. The molecule has 0 amide bonds. The van der Waals surface area contributed by atoms with Gasteiger partial charge in [0.25, 0.3) is 0 Å². The molecule has 2 aromatic carbocycles. The Morgan fingerprint density at radius 3 is 2.52 bits per heavy atom. The van der Waals surface area contributed by atoms with E-state index < -0.39 is 6.10 Å². The van der Waals surface area contributed by atoms with Gasteiger partial charge < -0.3 is 14.7 Å². The summed E-state index contributed by atoms with van der Waals surface area (Å²) in [5.41, 5.74) is 1.95. The number of rotatable bonds is 6. The molecular formula is C17H20BrNO2. The average Bonchev–Trinajstić information content (AvgIpc) is 2.52. The zero-order chi connectivity index (χ0) is 15.2. The number of ether oxygens (including phenoxy) is 1. The summed E-state index contributed by atoms with van der Waals surface area (Å²) in [4.78, 5) is 2.10. The minimum Gasteiger partial charge on any atom is -0.495 e. The molecule has 1 unspecified atom stereocenters. The Kier molecular flexibility index (Phi) is 5.65. The fourth-order valence-corrected chi connectivity index (χ4v) is 2.83. The molecule has 0 aliphatic rings. The van der Waals surface area contributed by atoms with E-state index in [9.17, 15) is 5.11 Å². The van der Waals surface area contributed by atoms with Gasteiger partial charge in [-0.15, -0.1) is 0 Å². The van der Waals surface area contributed by atoms with Gasteiger partial charge in [0.15, 0.2) is 0 Å². The zero-order valence-electron chi connectivity index (χ0n) is 12.3. The van der Waals surface area contributed by atoms with Crippen molar-refractivity contribution in [2.24, 2.45) is 0 Å². The average molecular weight is 350 g/mol. The normalized spacial score (nSPS) is 12.0. The van der Waals surface area contributed by atoms with Gasteiger partial charge in [-0.3, -0.25) is 0 Å². The molecule has 4 heteroatoms. The number of aliphatic hydroxyl groups excluding tert-OH is 1. The summed E-state index contributed by atoms with van der Waals surface area (Å²) in [7, 11) is 3.67. The molecule has 1 N–H and O–H groups in total. The predicted molar refractivity (Wildman–Crippen MR) is 90.0 cm³/mol. The third-order valence-electron chi connectivity index (χ3n) is 3.50. The van der Waals surface area contributed by atoms with Crippen molar-refractivity contribution in [3.63, 3.8) is 0 Å². The molecule has 0 radical (unpaired) electrons. The van der Waals surface area contributed by atoms with E-state index in [0.717, 1.165) is 28.0 Å². The van der Waals surface area contributed by atoms with Gasteiger partial charge in [0.05, 0.1) is 18.9 Å². The highest BCUT2D eigenvalue weighted by Gasteiger charge is 2.13. The highest BCUT2D eigenvalue weighted by molar-refractivity contribution is 9.10. The molecule has 2 rings (SSSR count). The van der Waals surface area contributed by atoms with Crippen molar-refractivity contribution in [3.8, 4) is 5.75 Å². The van der Waals surface area contributed by atoms with E-state index in [1.165, 1.54) is 0 Å². The number of methoxy groups -OCH3 is 1. The van der Waals surface area contributed by atoms with E-state index in [1.54, 1.807) is 7.11 Å². The van der Waals surface area contributed by atoms with E-state index in [1.807, 2.05) is 55.6 Å². The molecule has 0 aromatic heterocycles. The van der Waals surface area contributed by atoms with E-state index in [2.05, 4.69) is 20.8 Å². The Labute approximate surface area is 134 Å². The Morgan fingerprint density at radius 1 is 1.14 bits per heavy atom. The molecule has 0 fully saturated rings. The van der Waals surface area contributed by atoms with Crippen LogP contribution in [-0.4, -0.2) is 25.8 Å². The molecule has 0 aliphatic carbocycles. The highest BCUT2D eigenvalue weighted by atomic mass is 79.9. The van der Waals surface area contributed by atoms with Crippen LogP contribution >= 0.6 is 15.9 Å². The summed E-state index contributed by atoms with van der Waals surface area (Å²) in [6.45, 7) is 0.739. The summed E-state index contributed by atoms with van der Waals surface area (Å²) >= 11 is 3.48. The third-order valence-corrected chi connectivity index (χ3v) is 4.22. The minimum absolute atomic E-state index is 0.488. The monoisotopic (exact) mass is 349 g/mol. The van der Waals surface area contributed by atoms with Crippen molar-refractivity contribution in [1.82, 2.24) is 0 Å². The van der Waals surface area contributed by atoms with Crippen LogP contribution in [0.3, 0.4) is 0 Å². The summed E-state index contributed by atoms with van der Waals surface area (Å²) in [6.07, 6.45) is 0.162.